The number of methoxy groups -OCH3 is 1. The fraction of sp³-hybridized carbons (Fsp3) is 0.362. The zero-order chi connectivity index (χ0) is 53.5. The summed E-state index contributed by atoms with van der Waals surface area (Å²) in [5.74, 6) is -4.17. The number of likely N-dealkylation sites (tertiary alicyclic amines) is 1. The molecule has 10 N–H and O–H groups in total. The van der Waals surface area contributed by atoms with Crippen LogP contribution < -0.4 is 47.9 Å². The molecule has 1 aliphatic heterocycles. The van der Waals surface area contributed by atoms with E-state index in [1.54, 1.807) is 35.1 Å². The van der Waals surface area contributed by atoms with Gasteiger partial charge in [0.1, 0.15) is 35.1 Å². The maximum atomic E-state index is 13.8. The molecule has 2 atom stereocenters. The Bertz CT molecular complexity index is 3240. The number of carbonyl (C=O) groups is 8. The molecule has 4 aromatic heterocycles. The standard InChI is InChI=1S/C47H54N14O12S/c1-6-27-38(72-22(3)53-27)43(67)57-46-55-29-15-24(40(49)64)17-31(70-5)36(29)59(46)12-8-9-13-60-37-30(56-47(60)58-44(68)39-28(7-2)54-23(4)73-39)16-25(41(50)65)18-32(37)71-14-10-11-51-42(66)26(48)20-52-34(62)21-61-35(63)19-33(74)45(61)69/h8-9,15-18,26,33,74H,6-7,10-14,19-21,48H2,1-5H3,(H2,49,64)(H2,50,65)(H,51,66)(H,52,62)(H,55,57,67)(H,56,58,68)/b9-8+/t26-,33?/m1/s1. The number of imidazole rings is 2. The molecule has 0 aliphatic carbocycles. The topological polar surface area (TPSA) is 372 Å². The summed E-state index contributed by atoms with van der Waals surface area (Å²) in [6.07, 6.45) is 4.39. The number of hydrogen-bond donors (Lipinski definition) is 8. The largest absolute Gasteiger partial charge is 0.494 e. The molecule has 1 aliphatic rings. The van der Waals surface area contributed by atoms with Gasteiger partial charge >= 0.3 is 0 Å². The van der Waals surface area contributed by atoms with Gasteiger partial charge in [-0.25, -0.2) is 19.9 Å². The lowest BCUT2D eigenvalue weighted by atomic mass is 10.1. The van der Waals surface area contributed by atoms with E-state index in [0.717, 1.165) is 4.90 Å². The quantitative estimate of drug-likeness (QED) is 0.0195. The number of primary amides is 2. The first-order chi connectivity index (χ1) is 35.3. The highest BCUT2D eigenvalue weighted by atomic mass is 32.1. The minimum Gasteiger partial charge on any atom is -0.494 e. The van der Waals surface area contributed by atoms with Crippen molar-refractivity contribution >= 4 is 93.8 Å². The third-order valence-electron chi connectivity index (χ3n) is 11.5. The number of hydrogen-bond acceptors (Lipinski definition) is 18. The molecular weight excluding hydrogens is 985 g/mol. The highest BCUT2D eigenvalue weighted by Crippen LogP contribution is 2.33. The number of carbonyl (C=O) groups excluding carboxylic acids is 8. The van der Waals surface area contributed by atoms with Crippen molar-refractivity contribution in [2.24, 2.45) is 17.2 Å². The third kappa shape index (κ3) is 11.7. The summed E-state index contributed by atoms with van der Waals surface area (Å²) in [7, 11) is 1.41. The van der Waals surface area contributed by atoms with Crippen molar-refractivity contribution < 1.29 is 56.7 Å². The van der Waals surface area contributed by atoms with Crippen LogP contribution in [-0.2, 0) is 45.1 Å². The Hall–Kier alpha value is -8.59. The van der Waals surface area contributed by atoms with Gasteiger partial charge < -0.3 is 55.3 Å². The average molecular weight is 1040 g/mol. The third-order valence-corrected chi connectivity index (χ3v) is 11.9. The fourth-order valence-electron chi connectivity index (χ4n) is 7.95. The highest BCUT2D eigenvalue weighted by molar-refractivity contribution is 7.81. The molecule has 0 bridgehead atoms. The van der Waals surface area contributed by atoms with Crippen LogP contribution in [0.25, 0.3) is 22.1 Å². The van der Waals surface area contributed by atoms with Gasteiger partial charge in [-0.05, 0) is 43.5 Å². The Morgan fingerprint density at radius 2 is 1.31 bits per heavy atom. The number of oxazole rings is 2. The van der Waals surface area contributed by atoms with Gasteiger partial charge in [0.05, 0.1) is 41.4 Å². The number of ether oxygens (including phenoxy) is 2. The van der Waals surface area contributed by atoms with E-state index in [9.17, 15) is 38.4 Å². The molecule has 8 amide bonds. The monoisotopic (exact) mass is 1040 g/mol. The van der Waals surface area contributed by atoms with Gasteiger partial charge in [-0.1, -0.05) is 26.0 Å². The zero-order valence-corrected chi connectivity index (χ0v) is 41.8. The molecule has 0 radical (unpaired) electrons. The number of imide groups is 1. The van der Waals surface area contributed by atoms with E-state index < -0.39 is 65.1 Å². The minimum atomic E-state index is -1.17. The van der Waals surface area contributed by atoms with E-state index in [2.05, 4.69) is 53.8 Å². The van der Waals surface area contributed by atoms with Crippen LogP contribution in [0, 0.1) is 13.8 Å². The number of amides is 8. The van der Waals surface area contributed by atoms with Crippen molar-refractivity contribution in [3.05, 3.63) is 82.2 Å². The number of anilines is 2. The normalized spacial score (nSPS) is 14.0. The van der Waals surface area contributed by atoms with Crippen LogP contribution in [0.15, 0.2) is 45.3 Å². The first kappa shape index (κ1) is 53.2. The summed E-state index contributed by atoms with van der Waals surface area (Å²) in [5.41, 5.74) is 19.6. The first-order valence-electron chi connectivity index (χ1n) is 23.2. The SMILES string of the molecule is CCc1nc(C)oc1C(=O)Nc1nc2cc(C(N)=O)cc(OC)c2n1C/C=C/Cn1c(NC(=O)c2oc(C)nc2CC)nc2cc(C(N)=O)cc(OCCCNC(=O)[C@H](N)CNC(=O)CN3C(=O)CC(S)C3=O)c21. The molecule has 5 heterocycles. The lowest BCUT2D eigenvalue weighted by Crippen LogP contribution is -2.50. The van der Waals surface area contributed by atoms with Crippen LogP contribution in [0.4, 0.5) is 11.9 Å². The molecule has 1 fully saturated rings. The van der Waals surface area contributed by atoms with Gasteiger partial charge in [-0.2, -0.15) is 12.6 Å². The summed E-state index contributed by atoms with van der Waals surface area (Å²) in [6, 6.07) is 4.61. The maximum absolute atomic E-state index is 13.8. The molecule has 0 saturated carbocycles. The van der Waals surface area contributed by atoms with E-state index in [1.807, 2.05) is 13.8 Å². The minimum absolute atomic E-state index is 0.00376. The average Bonchev–Trinajstić information content (AvgIpc) is 4.17. The predicted octanol–water partition coefficient (Wildman–Crippen LogP) is 1.46. The summed E-state index contributed by atoms with van der Waals surface area (Å²) in [6.45, 7) is 6.18. The number of aryl methyl sites for hydroxylation is 4. The number of thiol groups is 1. The Kier molecular flexibility index (Phi) is 16.4. The van der Waals surface area contributed by atoms with E-state index in [4.69, 9.17) is 35.5 Å². The Labute approximate surface area is 426 Å². The van der Waals surface area contributed by atoms with Gasteiger partial charge in [0.25, 0.3) is 11.8 Å². The molecular formula is C47H54N14O12S. The number of benzene rings is 2. The molecule has 1 saturated heterocycles. The zero-order valence-electron chi connectivity index (χ0n) is 40.9. The van der Waals surface area contributed by atoms with Gasteiger partial charge in [0.2, 0.25) is 58.9 Å². The van der Waals surface area contributed by atoms with Gasteiger partial charge in [0.15, 0.2) is 11.8 Å². The van der Waals surface area contributed by atoms with Crippen molar-refractivity contribution in [1.82, 2.24) is 44.6 Å². The van der Waals surface area contributed by atoms with E-state index in [1.165, 1.54) is 31.4 Å². The number of aromatic nitrogens is 6. The number of nitrogens with one attached hydrogen (secondary N) is 4. The summed E-state index contributed by atoms with van der Waals surface area (Å²) in [4.78, 5) is 120. The summed E-state index contributed by atoms with van der Waals surface area (Å²) < 4.78 is 26.5. The number of fused-ring (bicyclic) bond motifs is 2. The molecule has 74 heavy (non-hydrogen) atoms. The maximum Gasteiger partial charge on any atom is 0.295 e. The molecule has 27 heteroatoms. The van der Waals surface area contributed by atoms with Crippen LogP contribution in [-0.4, -0.2) is 126 Å². The number of nitrogens with two attached hydrogens (primary N) is 3. The van der Waals surface area contributed by atoms with Crippen LogP contribution in [0.5, 0.6) is 11.5 Å². The van der Waals surface area contributed by atoms with Crippen LogP contribution in [0.3, 0.4) is 0 Å². The van der Waals surface area contributed by atoms with Crippen molar-refractivity contribution in [3.63, 3.8) is 0 Å². The molecule has 26 nitrogen and oxygen atoms in total. The lowest BCUT2D eigenvalue weighted by molar-refractivity contribution is -0.142. The number of rotatable bonds is 23. The van der Waals surface area contributed by atoms with Crippen LogP contribution in [0.2, 0.25) is 0 Å². The van der Waals surface area contributed by atoms with Crippen LogP contribution >= 0.6 is 12.6 Å². The molecule has 6 aromatic rings. The molecule has 390 valence electrons. The molecule has 2 aromatic carbocycles. The number of allylic oxidation sites excluding steroid dienone is 2. The van der Waals surface area contributed by atoms with Crippen LogP contribution in [0.1, 0.15) is 91.7 Å². The molecule has 0 spiro atoms. The molecule has 1 unspecified atom stereocenters. The van der Waals surface area contributed by atoms with Gasteiger partial charge in [-0.3, -0.25) is 53.9 Å². The van der Waals surface area contributed by atoms with Crippen molar-refractivity contribution in [3.8, 4) is 11.5 Å². The van der Waals surface area contributed by atoms with E-state index in [-0.39, 0.29) is 109 Å². The molecule has 7 rings (SSSR count). The Balaban J connectivity index is 1.14. The van der Waals surface area contributed by atoms with E-state index in [0.29, 0.717) is 41.2 Å². The predicted molar refractivity (Wildman–Crippen MR) is 268 cm³/mol. The summed E-state index contributed by atoms with van der Waals surface area (Å²) >= 11 is 4.04. The van der Waals surface area contributed by atoms with Gasteiger partial charge in [-0.15, -0.1) is 0 Å². The van der Waals surface area contributed by atoms with E-state index >= 15 is 0 Å². The second-order valence-electron chi connectivity index (χ2n) is 16.8. The second-order valence-corrected chi connectivity index (χ2v) is 17.4. The van der Waals surface area contributed by atoms with Crippen molar-refractivity contribution in [2.75, 3.05) is 44.0 Å². The first-order valence-corrected chi connectivity index (χ1v) is 23.7. The lowest BCUT2D eigenvalue weighted by Gasteiger charge is -2.16. The van der Waals surface area contributed by atoms with Gasteiger partial charge in [0, 0.05) is 57.6 Å². The second kappa shape index (κ2) is 22.9. The summed E-state index contributed by atoms with van der Waals surface area (Å²) in [5, 5.41) is 9.91. The highest BCUT2D eigenvalue weighted by Gasteiger charge is 2.37. The Morgan fingerprint density at radius 1 is 0.797 bits per heavy atom. The Morgan fingerprint density at radius 3 is 1.78 bits per heavy atom. The smallest absolute Gasteiger partial charge is 0.295 e. The van der Waals surface area contributed by atoms with Crippen molar-refractivity contribution in [2.45, 2.75) is 77.8 Å². The number of nitrogens with zero attached hydrogens (tertiary/aromatic N) is 7. The fourth-order valence-corrected chi connectivity index (χ4v) is 8.25. The van der Waals surface area contributed by atoms with Crippen molar-refractivity contribution in [1.29, 1.82) is 0 Å².